The number of hydrogen-bond acceptors (Lipinski definition) is 7. The number of nitrogens with one attached hydrogen (secondary N) is 3. The highest BCUT2D eigenvalue weighted by Crippen LogP contribution is 2.41. The Morgan fingerprint density at radius 1 is 1.26 bits per heavy atom. The van der Waals surface area contributed by atoms with Crippen molar-refractivity contribution >= 4 is 17.3 Å². The van der Waals surface area contributed by atoms with Crippen molar-refractivity contribution in [2.75, 3.05) is 30.8 Å². The number of fused-ring (bicyclic) bond motifs is 1. The fraction of sp³-hybridized carbons (Fsp3) is 0.292. The van der Waals surface area contributed by atoms with Crippen molar-refractivity contribution in [1.82, 2.24) is 15.3 Å². The smallest absolute Gasteiger partial charge is 0.227 e. The Morgan fingerprint density at radius 2 is 2.10 bits per heavy atom. The van der Waals surface area contributed by atoms with Gasteiger partial charge in [-0.3, -0.25) is 0 Å². The number of aliphatic hydroxyl groups is 1. The molecule has 7 nitrogen and oxygen atoms in total. The van der Waals surface area contributed by atoms with E-state index in [0.29, 0.717) is 23.8 Å². The molecule has 1 aromatic heterocycles. The zero-order valence-corrected chi connectivity index (χ0v) is 18.0. The van der Waals surface area contributed by atoms with E-state index in [0.717, 1.165) is 34.6 Å². The Bertz CT molecular complexity index is 1170. The molecule has 0 spiro atoms. The van der Waals surface area contributed by atoms with Crippen LogP contribution in [0.4, 0.5) is 17.3 Å². The van der Waals surface area contributed by atoms with E-state index in [1.807, 2.05) is 39.1 Å². The number of benzene rings is 2. The summed E-state index contributed by atoms with van der Waals surface area (Å²) in [6.45, 7) is 5.40. The third kappa shape index (κ3) is 3.96. The van der Waals surface area contributed by atoms with Crippen LogP contribution in [0, 0.1) is 18.3 Å². The molecule has 0 bridgehead atoms. The molecule has 3 aromatic rings. The van der Waals surface area contributed by atoms with Gasteiger partial charge >= 0.3 is 0 Å². The maximum Gasteiger partial charge on any atom is 0.227 e. The molecule has 0 unspecified atom stereocenters. The van der Waals surface area contributed by atoms with Gasteiger partial charge in [-0.15, -0.1) is 0 Å². The molecule has 2 aromatic carbocycles. The van der Waals surface area contributed by atoms with Crippen LogP contribution in [0.15, 0.2) is 42.6 Å². The molecular formula is C24H26N6O. The Kier molecular flexibility index (Phi) is 5.59. The lowest BCUT2D eigenvalue weighted by molar-refractivity contribution is 0.219. The van der Waals surface area contributed by atoms with Crippen LogP contribution in [0.2, 0.25) is 0 Å². The zero-order chi connectivity index (χ0) is 22.0. The van der Waals surface area contributed by atoms with Crippen LogP contribution < -0.4 is 16.0 Å². The monoisotopic (exact) mass is 414 g/mol. The first kappa shape index (κ1) is 20.8. The fourth-order valence-electron chi connectivity index (χ4n) is 3.88. The number of nitriles is 1. The molecule has 0 amide bonds. The molecule has 0 fully saturated rings. The predicted molar refractivity (Wildman–Crippen MR) is 122 cm³/mol. The van der Waals surface area contributed by atoms with Crippen molar-refractivity contribution < 1.29 is 5.11 Å². The fourth-order valence-corrected chi connectivity index (χ4v) is 3.88. The molecule has 4 rings (SSSR count). The van der Waals surface area contributed by atoms with Crippen LogP contribution in [0.1, 0.15) is 29.2 Å². The van der Waals surface area contributed by atoms with E-state index in [1.165, 1.54) is 5.56 Å². The number of aliphatic hydroxyl groups excluding tert-OH is 1. The van der Waals surface area contributed by atoms with E-state index in [-0.39, 0.29) is 6.61 Å². The largest absolute Gasteiger partial charge is 0.395 e. The van der Waals surface area contributed by atoms with Crippen LogP contribution in [0.5, 0.6) is 0 Å². The minimum Gasteiger partial charge on any atom is -0.395 e. The topological polar surface area (TPSA) is 106 Å². The summed E-state index contributed by atoms with van der Waals surface area (Å²) in [4.78, 5) is 9.08. The number of anilines is 3. The van der Waals surface area contributed by atoms with Gasteiger partial charge < -0.3 is 21.1 Å². The van der Waals surface area contributed by atoms with Crippen molar-refractivity contribution in [3.63, 3.8) is 0 Å². The average Bonchev–Trinajstić information content (AvgIpc) is 3.13. The van der Waals surface area contributed by atoms with Gasteiger partial charge in [0.15, 0.2) is 0 Å². The second-order valence-corrected chi connectivity index (χ2v) is 8.20. The summed E-state index contributed by atoms with van der Waals surface area (Å²) in [5.41, 5.74) is 6.61. The van der Waals surface area contributed by atoms with Gasteiger partial charge in [-0.1, -0.05) is 19.1 Å². The molecule has 2 heterocycles. The molecule has 7 heteroatoms. The molecule has 0 saturated carbocycles. The molecule has 1 aliphatic rings. The van der Waals surface area contributed by atoms with Gasteiger partial charge in [0.2, 0.25) is 5.95 Å². The van der Waals surface area contributed by atoms with Crippen molar-refractivity contribution in [2.24, 2.45) is 0 Å². The van der Waals surface area contributed by atoms with Crippen molar-refractivity contribution in [3.05, 3.63) is 64.8 Å². The Labute approximate surface area is 182 Å². The summed E-state index contributed by atoms with van der Waals surface area (Å²) in [5, 5.41) is 29.3. The minimum absolute atomic E-state index is 0.000135. The minimum atomic E-state index is -0.435. The van der Waals surface area contributed by atoms with Gasteiger partial charge in [0.1, 0.15) is 6.07 Å². The highest BCUT2D eigenvalue weighted by molar-refractivity contribution is 5.76. The van der Waals surface area contributed by atoms with Crippen molar-refractivity contribution in [3.8, 4) is 17.3 Å². The summed E-state index contributed by atoms with van der Waals surface area (Å²) in [6.07, 6.45) is 1.71. The van der Waals surface area contributed by atoms with E-state index in [2.05, 4.69) is 45.2 Å². The maximum atomic E-state index is 9.93. The lowest BCUT2D eigenvalue weighted by Gasteiger charge is -2.21. The summed E-state index contributed by atoms with van der Waals surface area (Å²) in [5.74, 6) is 0.490. The second kappa shape index (κ2) is 8.34. The third-order valence-electron chi connectivity index (χ3n) is 5.79. The lowest BCUT2D eigenvalue weighted by atomic mass is 9.83. The molecule has 4 N–H and O–H groups in total. The zero-order valence-electron chi connectivity index (χ0n) is 18.0. The Hall–Kier alpha value is -3.47. The van der Waals surface area contributed by atoms with Crippen LogP contribution in [0.25, 0.3) is 11.3 Å². The lowest BCUT2D eigenvalue weighted by Crippen LogP contribution is -2.28. The van der Waals surface area contributed by atoms with Crippen LogP contribution >= 0.6 is 0 Å². The van der Waals surface area contributed by atoms with E-state index >= 15 is 0 Å². The first-order chi connectivity index (χ1) is 15.0. The molecule has 0 saturated heterocycles. The Balaban J connectivity index is 1.71. The molecule has 0 radical (unpaired) electrons. The number of rotatable bonds is 6. The van der Waals surface area contributed by atoms with Crippen molar-refractivity contribution in [1.29, 1.82) is 5.26 Å². The van der Waals surface area contributed by atoms with E-state index in [9.17, 15) is 10.4 Å². The summed E-state index contributed by atoms with van der Waals surface area (Å²) in [7, 11) is 1.92. The molecule has 0 aliphatic carbocycles. The number of hydrogen-bond donors (Lipinski definition) is 4. The Morgan fingerprint density at radius 3 is 2.84 bits per heavy atom. The van der Waals surface area contributed by atoms with Gasteiger partial charge in [-0.25, -0.2) is 9.97 Å². The van der Waals surface area contributed by atoms with E-state index in [1.54, 1.807) is 6.20 Å². The van der Waals surface area contributed by atoms with E-state index in [4.69, 9.17) is 4.98 Å². The molecule has 31 heavy (non-hydrogen) atoms. The number of nitrogens with zero attached hydrogens (tertiary/aromatic N) is 3. The van der Waals surface area contributed by atoms with Crippen molar-refractivity contribution in [2.45, 2.75) is 25.8 Å². The second-order valence-electron chi connectivity index (χ2n) is 8.20. The molecular weight excluding hydrogens is 388 g/mol. The number of aromatic nitrogens is 2. The first-order valence-electron chi connectivity index (χ1n) is 10.3. The standard InChI is InChI=1S/C24H26N6O/c1-15-4-5-16(12-26-3)8-21(15)30-23-27-7-6-20(29-23)17-9-18(11-25)22-19(10-17)24(2,14-31)13-28-22/h4-10,26,28,31H,12-14H2,1-3H3,(H,27,29,30)/t24-/m1/s1. The third-order valence-corrected chi connectivity index (χ3v) is 5.79. The highest BCUT2D eigenvalue weighted by Gasteiger charge is 2.35. The first-order valence-corrected chi connectivity index (χ1v) is 10.3. The normalized spacial score (nSPS) is 17.0. The van der Waals surface area contributed by atoms with Gasteiger partial charge in [0.05, 0.1) is 23.6 Å². The summed E-state index contributed by atoms with van der Waals surface area (Å²) >= 11 is 0. The molecule has 158 valence electrons. The summed E-state index contributed by atoms with van der Waals surface area (Å²) < 4.78 is 0. The highest BCUT2D eigenvalue weighted by atomic mass is 16.3. The average molecular weight is 415 g/mol. The number of aryl methyl sites for hydroxylation is 1. The predicted octanol–water partition coefficient (Wildman–Crippen LogP) is 3.46. The van der Waals surface area contributed by atoms with Crippen LogP contribution in [-0.4, -0.2) is 35.3 Å². The van der Waals surface area contributed by atoms with Gasteiger partial charge in [-0.05, 0) is 54.9 Å². The van der Waals surface area contributed by atoms with Crippen LogP contribution in [-0.2, 0) is 12.0 Å². The van der Waals surface area contributed by atoms with E-state index < -0.39 is 5.41 Å². The SMILES string of the molecule is CNCc1ccc(C)c(Nc2nccc(-c3cc(C#N)c4c(c3)[C@@](C)(CO)CN4)n2)c1. The molecule has 1 aliphatic heterocycles. The van der Waals surface area contributed by atoms with Crippen LogP contribution in [0.3, 0.4) is 0 Å². The summed E-state index contributed by atoms with van der Waals surface area (Å²) in [6, 6.07) is 14.2. The molecule has 1 atom stereocenters. The van der Waals surface area contributed by atoms with Gasteiger partial charge in [0.25, 0.3) is 0 Å². The maximum absolute atomic E-state index is 9.93. The quantitative estimate of drug-likeness (QED) is 0.489. The van der Waals surface area contributed by atoms with Gasteiger partial charge in [-0.2, -0.15) is 5.26 Å². The van der Waals surface area contributed by atoms with Gasteiger partial charge in [0, 0.05) is 36.0 Å².